The van der Waals surface area contributed by atoms with Crippen LogP contribution in [0.5, 0.6) is 5.75 Å². The van der Waals surface area contributed by atoms with Crippen molar-refractivity contribution in [3.63, 3.8) is 0 Å². The molecule has 25 heavy (non-hydrogen) atoms. The number of amides is 2. The lowest BCUT2D eigenvalue weighted by atomic mass is 10.1. The number of hydrogen-bond donors (Lipinski definition) is 1. The van der Waals surface area contributed by atoms with E-state index in [9.17, 15) is 9.59 Å². The fraction of sp³-hybridized carbons (Fsp3) is 0.368. The fourth-order valence-electron chi connectivity index (χ4n) is 2.82. The van der Waals surface area contributed by atoms with Gasteiger partial charge in [0.1, 0.15) is 11.5 Å². The molecule has 2 amide bonds. The molecule has 2 aromatic rings. The maximum atomic E-state index is 12.5. The molecule has 3 rings (SSSR count). The summed E-state index contributed by atoms with van der Waals surface area (Å²) in [4.78, 5) is 26.1. The highest BCUT2D eigenvalue weighted by Gasteiger charge is 2.46. The minimum absolute atomic E-state index is 0.0611. The van der Waals surface area contributed by atoms with Gasteiger partial charge in [0.05, 0.1) is 18.6 Å². The van der Waals surface area contributed by atoms with Crippen LogP contribution in [0.15, 0.2) is 41.0 Å². The van der Waals surface area contributed by atoms with Gasteiger partial charge in [0.2, 0.25) is 5.91 Å². The Morgan fingerprint density at radius 1 is 1.32 bits per heavy atom. The first kappa shape index (κ1) is 17.1. The highest BCUT2D eigenvalue weighted by molar-refractivity contribution is 5.98. The van der Waals surface area contributed by atoms with Gasteiger partial charge < -0.3 is 19.4 Å². The van der Waals surface area contributed by atoms with Crippen molar-refractivity contribution in [1.82, 2.24) is 4.90 Å². The molecule has 6 nitrogen and oxygen atoms in total. The first-order chi connectivity index (χ1) is 12.0. The van der Waals surface area contributed by atoms with Gasteiger partial charge in [-0.2, -0.15) is 0 Å². The van der Waals surface area contributed by atoms with Crippen molar-refractivity contribution in [3.05, 3.63) is 47.9 Å². The van der Waals surface area contributed by atoms with Gasteiger partial charge >= 0.3 is 0 Å². The summed E-state index contributed by atoms with van der Waals surface area (Å²) in [6.07, 6.45) is 2.40. The lowest BCUT2D eigenvalue weighted by Crippen LogP contribution is -2.22. The molecule has 0 saturated heterocycles. The Bertz CT molecular complexity index is 768. The molecule has 1 saturated carbocycles. The standard InChI is InChI=1S/C19H22N2O4/c1-4-24-17-10-12(19(23)21(2)3)7-8-15(17)20-18(22)14-11-13(14)16-6-5-9-25-16/h5-10,13-14H,4,11H2,1-3H3,(H,20,22)/t13-,14-/m1/s1. The molecule has 2 atom stereocenters. The van der Waals surface area contributed by atoms with E-state index in [0.29, 0.717) is 23.6 Å². The number of anilines is 1. The van der Waals surface area contributed by atoms with Crippen LogP contribution in [-0.4, -0.2) is 37.4 Å². The maximum Gasteiger partial charge on any atom is 0.253 e. The first-order valence-corrected chi connectivity index (χ1v) is 8.34. The maximum absolute atomic E-state index is 12.5. The average molecular weight is 342 g/mol. The second-order valence-corrected chi connectivity index (χ2v) is 6.30. The quantitative estimate of drug-likeness (QED) is 0.875. The summed E-state index contributed by atoms with van der Waals surface area (Å²) in [5.41, 5.74) is 1.10. The number of carbonyl (C=O) groups excluding carboxylic acids is 2. The lowest BCUT2D eigenvalue weighted by Gasteiger charge is -2.15. The van der Waals surface area contributed by atoms with Crippen LogP contribution < -0.4 is 10.1 Å². The summed E-state index contributed by atoms with van der Waals surface area (Å²) in [5.74, 6) is 1.22. The van der Waals surface area contributed by atoms with Gasteiger partial charge in [-0.05, 0) is 43.7 Å². The number of benzene rings is 1. The van der Waals surface area contributed by atoms with Crippen LogP contribution in [0.1, 0.15) is 35.4 Å². The molecule has 6 heteroatoms. The summed E-state index contributed by atoms with van der Waals surface area (Å²) in [7, 11) is 3.39. The number of nitrogens with one attached hydrogen (secondary N) is 1. The van der Waals surface area contributed by atoms with Crippen LogP contribution in [0.25, 0.3) is 0 Å². The van der Waals surface area contributed by atoms with Gasteiger partial charge in [-0.15, -0.1) is 0 Å². The van der Waals surface area contributed by atoms with E-state index in [-0.39, 0.29) is 23.7 Å². The second kappa shape index (κ2) is 7.01. The van der Waals surface area contributed by atoms with E-state index in [4.69, 9.17) is 9.15 Å². The van der Waals surface area contributed by atoms with Crippen LogP contribution >= 0.6 is 0 Å². The van der Waals surface area contributed by atoms with Crippen molar-refractivity contribution in [3.8, 4) is 5.75 Å². The Hall–Kier alpha value is -2.76. The normalized spacial score (nSPS) is 18.5. The minimum atomic E-state index is -0.112. The van der Waals surface area contributed by atoms with Crippen molar-refractivity contribution in [2.45, 2.75) is 19.3 Å². The molecular formula is C19H22N2O4. The van der Waals surface area contributed by atoms with E-state index in [1.54, 1.807) is 38.6 Å². The molecule has 0 unspecified atom stereocenters. The zero-order valence-electron chi connectivity index (χ0n) is 14.6. The van der Waals surface area contributed by atoms with Crippen molar-refractivity contribution >= 4 is 17.5 Å². The molecule has 0 bridgehead atoms. The highest BCUT2D eigenvalue weighted by atomic mass is 16.5. The number of ether oxygens (including phenoxy) is 1. The van der Waals surface area contributed by atoms with Crippen molar-refractivity contribution < 1.29 is 18.7 Å². The molecule has 1 aromatic heterocycles. The molecule has 132 valence electrons. The predicted molar refractivity (Wildman–Crippen MR) is 93.8 cm³/mol. The Morgan fingerprint density at radius 2 is 2.12 bits per heavy atom. The summed E-state index contributed by atoms with van der Waals surface area (Å²) in [6, 6.07) is 8.79. The van der Waals surface area contributed by atoms with E-state index < -0.39 is 0 Å². The van der Waals surface area contributed by atoms with E-state index in [2.05, 4.69) is 5.32 Å². The number of carbonyl (C=O) groups is 2. The van der Waals surface area contributed by atoms with Crippen LogP contribution in [-0.2, 0) is 4.79 Å². The summed E-state index contributed by atoms with van der Waals surface area (Å²) < 4.78 is 11.0. The molecule has 1 aliphatic carbocycles. The number of rotatable bonds is 6. The summed E-state index contributed by atoms with van der Waals surface area (Å²) in [6.45, 7) is 2.31. The summed E-state index contributed by atoms with van der Waals surface area (Å²) >= 11 is 0. The molecule has 0 spiro atoms. The topological polar surface area (TPSA) is 71.8 Å². The Kier molecular flexibility index (Phi) is 4.79. The molecule has 0 radical (unpaired) electrons. The highest BCUT2D eigenvalue weighted by Crippen LogP contribution is 2.48. The number of furan rings is 1. The average Bonchev–Trinajstić information content (AvgIpc) is 3.21. The molecule has 1 aromatic carbocycles. The van der Waals surface area contributed by atoms with Crippen molar-refractivity contribution in [2.24, 2.45) is 5.92 Å². The van der Waals surface area contributed by atoms with Gasteiger partial charge in [-0.3, -0.25) is 9.59 Å². The number of nitrogens with zero attached hydrogens (tertiary/aromatic N) is 1. The van der Waals surface area contributed by atoms with E-state index in [1.807, 2.05) is 19.1 Å². The third kappa shape index (κ3) is 3.68. The van der Waals surface area contributed by atoms with Gasteiger partial charge in [0.25, 0.3) is 5.91 Å². The largest absolute Gasteiger partial charge is 0.492 e. The van der Waals surface area contributed by atoms with Gasteiger partial charge in [0.15, 0.2) is 0 Å². The first-order valence-electron chi connectivity index (χ1n) is 8.34. The molecule has 1 heterocycles. The number of hydrogen-bond acceptors (Lipinski definition) is 4. The minimum Gasteiger partial charge on any atom is -0.492 e. The van der Waals surface area contributed by atoms with E-state index >= 15 is 0 Å². The van der Waals surface area contributed by atoms with Crippen molar-refractivity contribution in [2.75, 3.05) is 26.0 Å². The van der Waals surface area contributed by atoms with Crippen LogP contribution in [0.3, 0.4) is 0 Å². The third-order valence-electron chi connectivity index (χ3n) is 4.23. The van der Waals surface area contributed by atoms with Crippen molar-refractivity contribution in [1.29, 1.82) is 0 Å². The van der Waals surface area contributed by atoms with Gasteiger partial charge in [-0.25, -0.2) is 0 Å². The molecular weight excluding hydrogens is 320 g/mol. The molecule has 0 aliphatic heterocycles. The van der Waals surface area contributed by atoms with Crippen LogP contribution in [0.4, 0.5) is 5.69 Å². The smallest absolute Gasteiger partial charge is 0.253 e. The van der Waals surface area contributed by atoms with E-state index in [1.165, 1.54) is 4.90 Å². The van der Waals surface area contributed by atoms with E-state index in [0.717, 1.165) is 12.2 Å². The molecule has 1 N–H and O–H groups in total. The SMILES string of the molecule is CCOc1cc(C(=O)N(C)C)ccc1NC(=O)[C@@H]1C[C@H]1c1ccco1. The Morgan fingerprint density at radius 3 is 2.76 bits per heavy atom. The zero-order chi connectivity index (χ0) is 18.0. The lowest BCUT2D eigenvalue weighted by molar-refractivity contribution is -0.117. The summed E-state index contributed by atoms with van der Waals surface area (Å²) in [5, 5.41) is 2.91. The third-order valence-corrected chi connectivity index (χ3v) is 4.23. The predicted octanol–water partition coefficient (Wildman–Crippen LogP) is 3.12. The molecule has 1 aliphatic rings. The Balaban J connectivity index is 1.73. The van der Waals surface area contributed by atoms with Crippen LogP contribution in [0, 0.1) is 5.92 Å². The van der Waals surface area contributed by atoms with Gasteiger partial charge in [0, 0.05) is 31.5 Å². The Labute approximate surface area is 146 Å². The zero-order valence-corrected chi connectivity index (χ0v) is 14.6. The monoisotopic (exact) mass is 342 g/mol. The second-order valence-electron chi connectivity index (χ2n) is 6.30. The fourth-order valence-corrected chi connectivity index (χ4v) is 2.82. The molecule has 1 fully saturated rings. The van der Waals surface area contributed by atoms with Crippen LogP contribution in [0.2, 0.25) is 0 Å². The van der Waals surface area contributed by atoms with Gasteiger partial charge in [-0.1, -0.05) is 0 Å².